The first kappa shape index (κ1) is 14.1. The SMILES string of the molecule is [CH2]C(CCCCCCCCC)C1=NCCS1. The number of nitrogens with zero attached hydrogens (tertiary/aromatic N) is 1. The Bertz CT molecular complexity index is 201. The Balaban J connectivity index is 1.90. The molecule has 93 valence electrons. The van der Waals surface area contributed by atoms with Crippen LogP contribution in [0, 0.1) is 12.8 Å². The minimum Gasteiger partial charge on any atom is -0.282 e. The van der Waals surface area contributed by atoms with Gasteiger partial charge in [0.2, 0.25) is 0 Å². The van der Waals surface area contributed by atoms with Gasteiger partial charge in [-0.25, -0.2) is 0 Å². The minimum absolute atomic E-state index is 0.475. The summed E-state index contributed by atoms with van der Waals surface area (Å²) in [6.07, 6.45) is 11.0. The summed E-state index contributed by atoms with van der Waals surface area (Å²) < 4.78 is 0. The first-order valence-corrected chi connectivity index (χ1v) is 7.83. The number of thioether (sulfide) groups is 1. The highest BCUT2D eigenvalue weighted by molar-refractivity contribution is 8.14. The van der Waals surface area contributed by atoms with Crippen LogP contribution in [-0.2, 0) is 0 Å². The minimum atomic E-state index is 0.475. The quantitative estimate of drug-likeness (QED) is 0.531. The Morgan fingerprint density at radius 3 is 2.50 bits per heavy atom. The fourth-order valence-electron chi connectivity index (χ4n) is 2.07. The van der Waals surface area contributed by atoms with Crippen molar-refractivity contribution in [2.45, 2.75) is 58.3 Å². The summed E-state index contributed by atoms with van der Waals surface area (Å²) in [6.45, 7) is 7.50. The Labute approximate surface area is 105 Å². The molecule has 1 unspecified atom stereocenters. The van der Waals surface area contributed by atoms with Crippen molar-refractivity contribution >= 4 is 16.8 Å². The molecular formula is C14H26NS. The van der Waals surface area contributed by atoms with E-state index in [9.17, 15) is 0 Å². The van der Waals surface area contributed by atoms with Crippen LogP contribution >= 0.6 is 11.8 Å². The van der Waals surface area contributed by atoms with E-state index in [1.54, 1.807) is 0 Å². The Kier molecular flexibility index (Phi) is 8.00. The molecule has 16 heavy (non-hydrogen) atoms. The lowest BCUT2D eigenvalue weighted by Gasteiger charge is -2.10. The van der Waals surface area contributed by atoms with E-state index in [1.165, 1.54) is 62.2 Å². The normalized spacial score (nSPS) is 17.5. The molecule has 0 bridgehead atoms. The fourth-order valence-corrected chi connectivity index (χ4v) is 3.00. The topological polar surface area (TPSA) is 12.4 Å². The highest BCUT2D eigenvalue weighted by Crippen LogP contribution is 2.22. The molecule has 0 fully saturated rings. The molecule has 2 heteroatoms. The van der Waals surface area contributed by atoms with Crippen LogP contribution in [0.4, 0.5) is 0 Å². The molecule has 1 atom stereocenters. The van der Waals surface area contributed by atoms with Crippen molar-refractivity contribution in [1.29, 1.82) is 0 Å². The molecule has 0 aromatic carbocycles. The van der Waals surface area contributed by atoms with Gasteiger partial charge >= 0.3 is 0 Å². The molecule has 1 aliphatic heterocycles. The number of hydrogen-bond acceptors (Lipinski definition) is 2. The van der Waals surface area contributed by atoms with E-state index in [-0.39, 0.29) is 0 Å². The lowest BCUT2D eigenvalue weighted by molar-refractivity contribution is 0.562. The molecule has 0 saturated heterocycles. The molecule has 1 nitrogen and oxygen atoms in total. The van der Waals surface area contributed by atoms with E-state index in [4.69, 9.17) is 0 Å². The third kappa shape index (κ3) is 5.93. The zero-order valence-corrected chi connectivity index (χ0v) is 11.5. The molecule has 0 spiro atoms. The van der Waals surface area contributed by atoms with E-state index in [1.807, 2.05) is 11.8 Å². The van der Waals surface area contributed by atoms with Crippen molar-refractivity contribution in [1.82, 2.24) is 0 Å². The van der Waals surface area contributed by atoms with Crippen LogP contribution in [0.25, 0.3) is 0 Å². The predicted octanol–water partition coefficient (Wildman–Crippen LogP) is 4.72. The van der Waals surface area contributed by atoms with Crippen LogP contribution in [0.15, 0.2) is 4.99 Å². The average Bonchev–Trinajstić information content (AvgIpc) is 2.81. The van der Waals surface area contributed by atoms with Crippen LogP contribution < -0.4 is 0 Å². The summed E-state index contributed by atoms with van der Waals surface area (Å²) in [5.74, 6) is 1.65. The maximum atomic E-state index is 4.49. The third-order valence-corrected chi connectivity index (χ3v) is 4.26. The van der Waals surface area contributed by atoms with Crippen LogP contribution in [0.2, 0.25) is 0 Å². The highest BCUT2D eigenvalue weighted by atomic mass is 32.2. The second-order valence-electron chi connectivity index (χ2n) is 4.68. The number of unbranched alkanes of at least 4 members (excludes halogenated alkanes) is 6. The van der Waals surface area contributed by atoms with Crippen molar-refractivity contribution in [2.24, 2.45) is 10.9 Å². The lowest BCUT2D eigenvalue weighted by Crippen LogP contribution is -2.05. The molecule has 0 aromatic heterocycles. The van der Waals surface area contributed by atoms with Crippen molar-refractivity contribution in [3.63, 3.8) is 0 Å². The van der Waals surface area contributed by atoms with Crippen molar-refractivity contribution < 1.29 is 0 Å². The van der Waals surface area contributed by atoms with Crippen molar-refractivity contribution in [2.75, 3.05) is 12.3 Å². The second-order valence-corrected chi connectivity index (χ2v) is 5.79. The third-order valence-electron chi connectivity index (χ3n) is 3.11. The molecule has 0 aliphatic carbocycles. The first-order valence-electron chi connectivity index (χ1n) is 6.84. The van der Waals surface area contributed by atoms with Crippen LogP contribution in [0.5, 0.6) is 0 Å². The van der Waals surface area contributed by atoms with Gasteiger partial charge < -0.3 is 0 Å². The van der Waals surface area contributed by atoms with Gasteiger partial charge in [0.1, 0.15) is 0 Å². The van der Waals surface area contributed by atoms with Gasteiger partial charge in [-0.3, -0.25) is 4.99 Å². The van der Waals surface area contributed by atoms with Crippen molar-refractivity contribution in [3.8, 4) is 0 Å². The Hall–Kier alpha value is 0.0200. The zero-order chi connectivity index (χ0) is 11.6. The second kappa shape index (κ2) is 9.09. The molecule has 0 N–H and O–H groups in total. The molecule has 1 radical (unpaired) electrons. The lowest BCUT2D eigenvalue weighted by atomic mass is 10.0. The maximum absolute atomic E-state index is 4.49. The first-order chi connectivity index (χ1) is 7.84. The summed E-state index contributed by atoms with van der Waals surface area (Å²) in [4.78, 5) is 4.49. The molecule has 1 heterocycles. The van der Waals surface area contributed by atoms with E-state index >= 15 is 0 Å². The fraction of sp³-hybridized carbons (Fsp3) is 0.857. The Morgan fingerprint density at radius 1 is 1.19 bits per heavy atom. The summed E-state index contributed by atoms with van der Waals surface area (Å²) in [5, 5.41) is 1.31. The van der Waals surface area contributed by atoms with Gasteiger partial charge in [-0.2, -0.15) is 0 Å². The number of rotatable bonds is 9. The summed E-state index contributed by atoms with van der Waals surface area (Å²) in [7, 11) is 0. The van der Waals surface area contributed by atoms with Gasteiger partial charge in [-0.15, -0.1) is 11.8 Å². The predicted molar refractivity (Wildman–Crippen MR) is 76.2 cm³/mol. The van der Waals surface area contributed by atoms with Gasteiger partial charge in [-0.05, 0) is 13.3 Å². The number of hydrogen-bond donors (Lipinski definition) is 0. The van der Waals surface area contributed by atoms with Gasteiger partial charge in [0.05, 0.1) is 5.04 Å². The molecule has 0 amide bonds. The monoisotopic (exact) mass is 240 g/mol. The zero-order valence-electron chi connectivity index (χ0n) is 10.7. The largest absolute Gasteiger partial charge is 0.282 e. The summed E-state index contributed by atoms with van der Waals surface area (Å²) in [6, 6.07) is 0. The van der Waals surface area contributed by atoms with Gasteiger partial charge in [-0.1, -0.05) is 51.9 Å². The molecule has 0 saturated carbocycles. The van der Waals surface area contributed by atoms with E-state index in [0.29, 0.717) is 5.92 Å². The smallest absolute Gasteiger partial charge is 0.0707 e. The number of aliphatic imine (C=N–C) groups is 1. The summed E-state index contributed by atoms with van der Waals surface area (Å²) in [5.41, 5.74) is 0. The van der Waals surface area contributed by atoms with Gasteiger partial charge in [0.15, 0.2) is 0 Å². The average molecular weight is 240 g/mol. The van der Waals surface area contributed by atoms with E-state index < -0.39 is 0 Å². The highest BCUT2D eigenvalue weighted by Gasteiger charge is 2.14. The molecule has 0 aromatic rings. The Morgan fingerprint density at radius 2 is 1.88 bits per heavy atom. The molecule has 1 aliphatic rings. The van der Waals surface area contributed by atoms with Crippen LogP contribution in [0.3, 0.4) is 0 Å². The van der Waals surface area contributed by atoms with Crippen molar-refractivity contribution in [3.05, 3.63) is 6.92 Å². The van der Waals surface area contributed by atoms with Crippen LogP contribution in [0.1, 0.15) is 58.3 Å². The maximum Gasteiger partial charge on any atom is 0.0707 e. The summed E-state index contributed by atoms with van der Waals surface area (Å²) >= 11 is 1.91. The van der Waals surface area contributed by atoms with E-state index in [0.717, 1.165) is 6.54 Å². The molecule has 1 rings (SSSR count). The standard InChI is InChI=1S/C14H26NS/c1-3-4-5-6-7-8-9-10-13(2)14-15-11-12-16-14/h13H,2-12H2,1H3. The van der Waals surface area contributed by atoms with Crippen LogP contribution in [-0.4, -0.2) is 17.3 Å². The van der Waals surface area contributed by atoms with E-state index in [2.05, 4.69) is 18.8 Å². The molecular weight excluding hydrogens is 214 g/mol. The van der Waals surface area contributed by atoms with Gasteiger partial charge in [0.25, 0.3) is 0 Å². The van der Waals surface area contributed by atoms with Gasteiger partial charge in [0, 0.05) is 18.2 Å².